The molecule has 1 aromatic carbocycles. The molecule has 72 valence electrons. The standard InChI is InChI=1S/C9H8ClN3O/c10-7-4-2-1-3-6(7)8(11)9-12-5-14-13-9/h1-5,8H,11H2. The number of nitrogens with two attached hydrogens (primary N) is 1. The second-order valence-corrected chi connectivity index (χ2v) is 3.20. The number of benzene rings is 1. The van der Waals surface area contributed by atoms with Gasteiger partial charge in [-0.05, 0) is 11.6 Å². The van der Waals surface area contributed by atoms with Gasteiger partial charge in [-0.1, -0.05) is 35.0 Å². The van der Waals surface area contributed by atoms with Gasteiger partial charge in [-0.3, -0.25) is 0 Å². The van der Waals surface area contributed by atoms with Crippen molar-refractivity contribution in [3.63, 3.8) is 0 Å². The number of rotatable bonds is 2. The van der Waals surface area contributed by atoms with E-state index in [0.717, 1.165) is 5.56 Å². The third-order valence-electron chi connectivity index (χ3n) is 1.90. The summed E-state index contributed by atoms with van der Waals surface area (Å²) in [5.74, 6) is 0.429. The van der Waals surface area contributed by atoms with Crippen LogP contribution >= 0.6 is 11.6 Å². The molecule has 1 atom stereocenters. The molecule has 0 saturated heterocycles. The predicted octanol–water partition coefficient (Wildman–Crippen LogP) is 1.77. The quantitative estimate of drug-likeness (QED) is 0.819. The van der Waals surface area contributed by atoms with Crippen LogP contribution in [0.3, 0.4) is 0 Å². The molecular weight excluding hydrogens is 202 g/mol. The highest BCUT2D eigenvalue weighted by Gasteiger charge is 2.15. The molecule has 0 saturated carbocycles. The highest BCUT2D eigenvalue weighted by molar-refractivity contribution is 6.31. The monoisotopic (exact) mass is 209 g/mol. The number of hydrogen-bond acceptors (Lipinski definition) is 4. The maximum Gasteiger partial charge on any atom is 0.213 e. The highest BCUT2D eigenvalue weighted by Crippen LogP contribution is 2.23. The third kappa shape index (κ3) is 1.62. The first-order valence-corrected chi connectivity index (χ1v) is 4.43. The van der Waals surface area contributed by atoms with Gasteiger partial charge in [0.15, 0.2) is 5.82 Å². The molecule has 1 aromatic heterocycles. The Balaban J connectivity index is 2.37. The molecule has 2 N–H and O–H groups in total. The summed E-state index contributed by atoms with van der Waals surface area (Å²) in [5.41, 5.74) is 6.68. The molecule has 2 aromatic rings. The lowest BCUT2D eigenvalue weighted by molar-refractivity contribution is 0.407. The summed E-state index contributed by atoms with van der Waals surface area (Å²) in [6.45, 7) is 0. The maximum atomic E-state index is 5.97. The van der Waals surface area contributed by atoms with E-state index in [1.165, 1.54) is 6.39 Å². The molecule has 0 aliphatic rings. The van der Waals surface area contributed by atoms with Crippen LogP contribution in [0.4, 0.5) is 0 Å². The Labute approximate surface area is 85.7 Å². The van der Waals surface area contributed by atoms with E-state index in [1.807, 2.05) is 18.2 Å². The van der Waals surface area contributed by atoms with Crippen molar-refractivity contribution in [1.29, 1.82) is 0 Å². The highest BCUT2D eigenvalue weighted by atomic mass is 35.5. The predicted molar refractivity (Wildman–Crippen MR) is 51.8 cm³/mol. The molecule has 1 heterocycles. The van der Waals surface area contributed by atoms with Crippen LogP contribution in [0.15, 0.2) is 35.2 Å². The number of hydrogen-bond donors (Lipinski definition) is 1. The minimum absolute atomic E-state index is 0.429. The molecule has 1 unspecified atom stereocenters. The van der Waals surface area contributed by atoms with Gasteiger partial charge in [-0.2, -0.15) is 4.98 Å². The zero-order valence-electron chi connectivity index (χ0n) is 7.22. The molecular formula is C9H8ClN3O. The van der Waals surface area contributed by atoms with Gasteiger partial charge in [0.05, 0.1) is 6.04 Å². The maximum absolute atomic E-state index is 5.97. The lowest BCUT2D eigenvalue weighted by atomic mass is 10.1. The Kier molecular flexibility index (Phi) is 2.47. The lowest BCUT2D eigenvalue weighted by Gasteiger charge is -2.08. The van der Waals surface area contributed by atoms with E-state index in [1.54, 1.807) is 6.07 Å². The summed E-state index contributed by atoms with van der Waals surface area (Å²) < 4.78 is 4.61. The second-order valence-electron chi connectivity index (χ2n) is 2.79. The fourth-order valence-corrected chi connectivity index (χ4v) is 1.44. The molecule has 0 fully saturated rings. The van der Waals surface area contributed by atoms with Crippen LogP contribution in [0.5, 0.6) is 0 Å². The second kappa shape index (κ2) is 3.77. The molecule has 0 bridgehead atoms. The topological polar surface area (TPSA) is 64.9 Å². The minimum atomic E-state index is -0.442. The Morgan fingerprint density at radius 2 is 2.14 bits per heavy atom. The van der Waals surface area contributed by atoms with Crippen molar-refractivity contribution in [1.82, 2.24) is 10.1 Å². The van der Waals surface area contributed by atoms with Gasteiger partial charge in [0, 0.05) is 5.02 Å². The zero-order valence-corrected chi connectivity index (χ0v) is 7.98. The van der Waals surface area contributed by atoms with Crippen LogP contribution in [0.25, 0.3) is 0 Å². The van der Waals surface area contributed by atoms with Crippen molar-refractivity contribution >= 4 is 11.6 Å². The van der Waals surface area contributed by atoms with E-state index >= 15 is 0 Å². The summed E-state index contributed by atoms with van der Waals surface area (Å²) in [6, 6.07) is 6.87. The van der Waals surface area contributed by atoms with Gasteiger partial charge in [-0.15, -0.1) is 0 Å². The summed E-state index contributed by atoms with van der Waals surface area (Å²) in [5, 5.41) is 4.27. The van der Waals surface area contributed by atoms with Gasteiger partial charge >= 0.3 is 0 Å². The summed E-state index contributed by atoms with van der Waals surface area (Å²) in [6.07, 6.45) is 1.24. The smallest absolute Gasteiger partial charge is 0.213 e. The van der Waals surface area contributed by atoms with Crippen LogP contribution in [-0.4, -0.2) is 10.1 Å². The third-order valence-corrected chi connectivity index (χ3v) is 2.24. The Hall–Kier alpha value is -1.39. The molecule has 0 radical (unpaired) electrons. The molecule has 0 aliphatic carbocycles. The van der Waals surface area contributed by atoms with Crippen LogP contribution < -0.4 is 5.73 Å². The summed E-state index contributed by atoms with van der Waals surface area (Å²) in [4.78, 5) is 3.87. The first kappa shape index (κ1) is 9.18. The van der Waals surface area contributed by atoms with E-state index < -0.39 is 6.04 Å². The van der Waals surface area contributed by atoms with Crippen LogP contribution in [0.1, 0.15) is 17.4 Å². The lowest BCUT2D eigenvalue weighted by Crippen LogP contribution is -2.13. The minimum Gasteiger partial charge on any atom is -0.343 e. The first-order valence-electron chi connectivity index (χ1n) is 4.05. The van der Waals surface area contributed by atoms with Gasteiger partial charge < -0.3 is 10.3 Å². The fraction of sp³-hybridized carbons (Fsp3) is 0.111. The number of halogens is 1. The van der Waals surface area contributed by atoms with Crippen molar-refractivity contribution in [2.24, 2.45) is 5.73 Å². The average Bonchev–Trinajstić information content (AvgIpc) is 2.70. The molecule has 0 aliphatic heterocycles. The van der Waals surface area contributed by atoms with Crippen molar-refractivity contribution in [3.05, 3.63) is 47.1 Å². The average molecular weight is 210 g/mol. The van der Waals surface area contributed by atoms with Crippen molar-refractivity contribution in [2.75, 3.05) is 0 Å². The summed E-state index contributed by atoms with van der Waals surface area (Å²) in [7, 11) is 0. The van der Waals surface area contributed by atoms with Crippen molar-refractivity contribution in [3.8, 4) is 0 Å². The molecule has 0 amide bonds. The molecule has 14 heavy (non-hydrogen) atoms. The number of aromatic nitrogens is 2. The zero-order chi connectivity index (χ0) is 9.97. The van der Waals surface area contributed by atoms with E-state index in [4.69, 9.17) is 17.3 Å². The fourth-order valence-electron chi connectivity index (χ4n) is 1.18. The Morgan fingerprint density at radius 3 is 2.79 bits per heavy atom. The largest absolute Gasteiger partial charge is 0.343 e. The normalized spacial score (nSPS) is 12.7. The van der Waals surface area contributed by atoms with E-state index in [2.05, 4.69) is 14.7 Å². The first-order chi connectivity index (χ1) is 6.79. The van der Waals surface area contributed by atoms with E-state index in [0.29, 0.717) is 10.8 Å². The summed E-state index contributed by atoms with van der Waals surface area (Å²) >= 11 is 5.97. The number of nitrogens with zero attached hydrogens (tertiary/aromatic N) is 2. The Bertz CT molecular complexity index is 416. The van der Waals surface area contributed by atoms with Crippen LogP contribution in [-0.2, 0) is 0 Å². The van der Waals surface area contributed by atoms with Gasteiger partial charge in [0.1, 0.15) is 0 Å². The van der Waals surface area contributed by atoms with E-state index in [9.17, 15) is 0 Å². The molecule has 0 spiro atoms. The molecule has 2 rings (SSSR count). The van der Waals surface area contributed by atoms with Crippen LogP contribution in [0, 0.1) is 0 Å². The van der Waals surface area contributed by atoms with Crippen molar-refractivity contribution < 1.29 is 4.52 Å². The van der Waals surface area contributed by atoms with E-state index in [-0.39, 0.29) is 0 Å². The van der Waals surface area contributed by atoms with Crippen molar-refractivity contribution in [2.45, 2.75) is 6.04 Å². The van der Waals surface area contributed by atoms with Crippen LogP contribution in [0.2, 0.25) is 5.02 Å². The SMILES string of the molecule is NC(c1ncon1)c1ccccc1Cl. The van der Waals surface area contributed by atoms with Gasteiger partial charge in [-0.25, -0.2) is 0 Å². The van der Waals surface area contributed by atoms with Gasteiger partial charge in [0.25, 0.3) is 0 Å². The van der Waals surface area contributed by atoms with Gasteiger partial charge in [0.2, 0.25) is 6.39 Å². The molecule has 4 nitrogen and oxygen atoms in total. The Morgan fingerprint density at radius 1 is 1.36 bits per heavy atom. The molecule has 5 heteroatoms.